The highest BCUT2D eigenvalue weighted by Crippen LogP contribution is 2.11. The molecule has 0 radical (unpaired) electrons. The smallest absolute Gasteiger partial charge is 0.247 e. The molecule has 1 aromatic rings. The molecule has 1 aromatic carbocycles. The lowest BCUT2D eigenvalue weighted by Crippen LogP contribution is -2.45. The molecule has 0 aliphatic carbocycles. The molecule has 1 rings (SSSR count). The molecule has 0 aliphatic rings. The maximum Gasteiger partial charge on any atom is 0.247 e. The minimum Gasteiger partial charge on any atom is -0.382 e. The summed E-state index contributed by atoms with van der Waals surface area (Å²) in [7, 11) is 0. The van der Waals surface area contributed by atoms with Crippen LogP contribution in [0.15, 0.2) is 24.3 Å². The molecule has 0 spiro atoms. The summed E-state index contributed by atoms with van der Waals surface area (Å²) in [6.07, 6.45) is -0.943. The summed E-state index contributed by atoms with van der Waals surface area (Å²) in [6.45, 7) is 4.00. The average Bonchev–Trinajstić information content (AvgIpc) is 2.33. The first-order valence-corrected chi connectivity index (χ1v) is 5.86. The Labute approximate surface area is 107 Å². The van der Waals surface area contributed by atoms with Gasteiger partial charge in [-0.1, -0.05) is 37.6 Å². The number of halogens is 1. The molecule has 0 aromatic heterocycles. The van der Waals surface area contributed by atoms with Crippen molar-refractivity contribution in [1.29, 1.82) is 0 Å². The highest BCUT2D eigenvalue weighted by Gasteiger charge is 2.20. The van der Waals surface area contributed by atoms with E-state index < -0.39 is 18.1 Å². The van der Waals surface area contributed by atoms with Crippen LogP contribution in [-0.2, 0) is 11.2 Å². The lowest BCUT2D eigenvalue weighted by Gasteiger charge is -2.15. The fourth-order valence-electron chi connectivity index (χ4n) is 1.22. The Morgan fingerprint density at radius 2 is 1.82 bits per heavy atom. The van der Waals surface area contributed by atoms with Gasteiger partial charge in [0.05, 0.1) is 0 Å². The molecule has 0 saturated heterocycles. The van der Waals surface area contributed by atoms with Crippen molar-refractivity contribution in [2.45, 2.75) is 32.4 Å². The van der Waals surface area contributed by atoms with Crippen molar-refractivity contribution in [1.82, 2.24) is 0 Å². The summed E-state index contributed by atoms with van der Waals surface area (Å²) < 4.78 is 0. The van der Waals surface area contributed by atoms with E-state index >= 15 is 0 Å². The minimum absolute atomic E-state index is 0.376. The Bertz CT molecular complexity index is 341. The number of nitrogens with two attached hydrogens (primary N) is 2. The molecule has 0 aliphatic heterocycles. The van der Waals surface area contributed by atoms with Gasteiger partial charge in [-0.2, -0.15) is 0 Å². The molecule has 0 bridgehead atoms. The first-order chi connectivity index (χ1) is 8.00. The predicted molar refractivity (Wildman–Crippen MR) is 69.7 cm³/mol. The Hall–Kier alpha value is -1.10. The Morgan fingerprint density at radius 3 is 2.24 bits per heavy atom. The average molecular weight is 259 g/mol. The van der Waals surface area contributed by atoms with Gasteiger partial charge in [0.15, 0.2) is 0 Å². The number of primary amides is 1. The van der Waals surface area contributed by atoms with E-state index in [9.17, 15) is 9.90 Å². The van der Waals surface area contributed by atoms with E-state index in [-0.39, 0.29) is 0 Å². The number of carbonyl (C=O) groups excluding carboxylic acids is 1. The standard InChI is InChI=1S/C10H13ClN2O2.C2H6/c11-7-3-1-6(2-4-7)5-8(12)9(14)10(13)15;1-2/h1-4,8-9,14H,5,12H2,(H2,13,15);1-2H3. The van der Waals surface area contributed by atoms with Crippen molar-refractivity contribution >= 4 is 17.5 Å². The molecular weight excluding hydrogens is 240 g/mol. The van der Waals surface area contributed by atoms with Crippen LogP contribution in [0.5, 0.6) is 0 Å². The van der Waals surface area contributed by atoms with Gasteiger partial charge in [0.2, 0.25) is 5.91 Å². The Kier molecular flexibility index (Phi) is 7.54. The summed E-state index contributed by atoms with van der Waals surface area (Å²) in [4.78, 5) is 10.7. The van der Waals surface area contributed by atoms with Gasteiger partial charge in [-0.05, 0) is 24.1 Å². The Morgan fingerprint density at radius 1 is 1.35 bits per heavy atom. The molecule has 17 heavy (non-hydrogen) atoms. The molecule has 96 valence electrons. The summed E-state index contributed by atoms with van der Waals surface area (Å²) in [5.41, 5.74) is 11.4. The van der Waals surface area contributed by atoms with Gasteiger partial charge in [0.1, 0.15) is 6.10 Å². The second-order valence-electron chi connectivity index (χ2n) is 3.34. The van der Waals surface area contributed by atoms with Crippen molar-refractivity contribution < 1.29 is 9.90 Å². The topological polar surface area (TPSA) is 89.3 Å². The molecular formula is C12H19ClN2O2. The van der Waals surface area contributed by atoms with E-state index in [1.54, 1.807) is 24.3 Å². The van der Waals surface area contributed by atoms with Gasteiger partial charge in [-0.3, -0.25) is 4.79 Å². The fraction of sp³-hybridized carbons (Fsp3) is 0.417. The van der Waals surface area contributed by atoms with E-state index in [2.05, 4.69) is 0 Å². The molecule has 0 heterocycles. The van der Waals surface area contributed by atoms with E-state index in [0.717, 1.165) is 5.56 Å². The van der Waals surface area contributed by atoms with E-state index in [4.69, 9.17) is 23.1 Å². The zero-order valence-corrected chi connectivity index (χ0v) is 10.8. The number of carbonyl (C=O) groups is 1. The van der Waals surface area contributed by atoms with Crippen LogP contribution in [0.4, 0.5) is 0 Å². The lowest BCUT2D eigenvalue weighted by atomic mass is 10.0. The van der Waals surface area contributed by atoms with E-state index in [1.807, 2.05) is 13.8 Å². The molecule has 1 amide bonds. The van der Waals surface area contributed by atoms with Crippen LogP contribution in [0, 0.1) is 0 Å². The van der Waals surface area contributed by atoms with Crippen molar-refractivity contribution in [3.63, 3.8) is 0 Å². The molecule has 5 N–H and O–H groups in total. The van der Waals surface area contributed by atoms with Crippen molar-refractivity contribution in [2.75, 3.05) is 0 Å². The molecule has 2 atom stereocenters. The van der Waals surface area contributed by atoms with Crippen LogP contribution in [0.25, 0.3) is 0 Å². The number of aliphatic hydroxyl groups is 1. The number of aliphatic hydroxyl groups excluding tert-OH is 1. The van der Waals surface area contributed by atoms with Crippen LogP contribution in [0.2, 0.25) is 5.02 Å². The summed E-state index contributed by atoms with van der Waals surface area (Å²) in [5.74, 6) is -0.809. The third-order valence-corrected chi connectivity index (χ3v) is 2.33. The molecule has 0 fully saturated rings. The number of amides is 1. The fourth-order valence-corrected chi connectivity index (χ4v) is 1.34. The summed E-state index contributed by atoms with van der Waals surface area (Å²) >= 11 is 5.71. The van der Waals surface area contributed by atoms with Gasteiger partial charge in [-0.15, -0.1) is 0 Å². The highest BCUT2D eigenvalue weighted by atomic mass is 35.5. The van der Waals surface area contributed by atoms with Crippen LogP contribution >= 0.6 is 11.6 Å². The summed E-state index contributed by atoms with van der Waals surface area (Å²) in [6, 6.07) is 6.33. The zero-order chi connectivity index (χ0) is 13.4. The van der Waals surface area contributed by atoms with Gasteiger partial charge >= 0.3 is 0 Å². The van der Waals surface area contributed by atoms with Crippen LogP contribution in [-0.4, -0.2) is 23.2 Å². The van der Waals surface area contributed by atoms with Gasteiger partial charge < -0.3 is 16.6 Å². The van der Waals surface area contributed by atoms with Crippen molar-refractivity contribution in [2.24, 2.45) is 11.5 Å². The SMILES string of the molecule is CC.NC(=O)C(O)C(N)Cc1ccc(Cl)cc1. The largest absolute Gasteiger partial charge is 0.382 e. The van der Waals surface area contributed by atoms with Crippen LogP contribution in [0.1, 0.15) is 19.4 Å². The van der Waals surface area contributed by atoms with Gasteiger partial charge in [0, 0.05) is 11.1 Å². The zero-order valence-electron chi connectivity index (χ0n) is 10.1. The number of rotatable bonds is 4. The Balaban J connectivity index is 0.00000121. The molecule has 2 unspecified atom stereocenters. The monoisotopic (exact) mass is 258 g/mol. The van der Waals surface area contributed by atoms with Crippen molar-refractivity contribution in [3.8, 4) is 0 Å². The number of hydrogen-bond acceptors (Lipinski definition) is 3. The minimum atomic E-state index is -1.32. The predicted octanol–water partition coefficient (Wildman–Crippen LogP) is 1.08. The third kappa shape index (κ3) is 5.68. The number of benzene rings is 1. The van der Waals surface area contributed by atoms with E-state index in [1.165, 1.54) is 0 Å². The van der Waals surface area contributed by atoms with E-state index in [0.29, 0.717) is 11.4 Å². The highest BCUT2D eigenvalue weighted by molar-refractivity contribution is 6.30. The van der Waals surface area contributed by atoms with Gasteiger partial charge in [0.25, 0.3) is 0 Å². The van der Waals surface area contributed by atoms with Crippen LogP contribution < -0.4 is 11.5 Å². The normalized spacial score (nSPS) is 13.2. The second-order valence-corrected chi connectivity index (χ2v) is 3.78. The van der Waals surface area contributed by atoms with Crippen LogP contribution in [0.3, 0.4) is 0 Å². The molecule has 4 nitrogen and oxygen atoms in total. The van der Waals surface area contributed by atoms with Gasteiger partial charge in [-0.25, -0.2) is 0 Å². The molecule has 0 saturated carbocycles. The van der Waals surface area contributed by atoms with Crippen molar-refractivity contribution in [3.05, 3.63) is 34.9 Å². The maximum absolute atomic E-state index is 10.7. The lowest BCUT2D eigenvalue weighted by molar-refractivity contribution is -0.126. The molecule has 5 heteroatoms. The maximum atomic E-state index is 10.7. The first kappa shape index (κ1) is 15.9. The second kappa shape index (κ2) is 8.06. The third-order valence-electron chi connectivity index (χ3n) is 2.08. The summed E-state index contributed by atoms with van der Waals surface area (Å²) in [5, 5.41) is 9.91. The quantitative estimate of drug-likeness (QED) is 0.755. The first-order valence-electron chi connectivity index (χ1n) is 5.48. The number of hydrogen-bond donors (Lipinski definition) is 3.